The summed E-state index contributed by atoms with van der Waals surface area (Å²) < 4.78 is 10.6. The van der Waals surface area contributed by atoms with E-state index in [2.05, 4.69) is 0 Å². The summed E-state index contributed by atoms with van der Waals surface area (Å²) in [4.78, 5) is 15.2. The first-order valence-electron chi connectivity index (χ1n) is 8.76. The number of hydrogen-bond donors (Lipinski definition) is 0. The minimum absolute atomic E-state index is 0.111. The molecule has 0 saturated heterocycles. The summed E-state index contributed by atoms with van der Waals surface area (Å²) in [6.07, 6.45) is 0. The molecule has 0 N–H and O–H groups in total. The molecule has 0 heterocycles. The van der Waals surface area contributed by atoms with Gasteiger partial charge in [-0.25, -0.2) is 0 Å². The zero-order valence-corrected chi connectivity index (χ0v) is 15.8. The van der Waals surface area contributed by atoms with Crippen molar-refractivity contribution in [3.05, 3.63) is 89.5 Å². The molecular formula is C23H23NO3. The number of benzene rings is 3. The maximum Gasteiger partial charge on any atom is 0.258 e. The van der Waals surface area contributed by atoms with Crippen LogP contribution in [0.2, 0.25) is 0 Å². The number of ether oxygens (including phenoxy) is 2. The van der Waals surface area contributed by atoms with Crippen molar-refractivity contribution in [3.8, 4) is 11.5 Å². The fraction of sp³-hybridized carbons (Fsp3) is 0.174. The maximum atomic E-state index is 13.4. The molecule has 0 aliphatic carbocycles. The lowest BCUT2D eigenvalue weighted by Crippen LogP contribution is -2.30. The molecule has 4 heteroatoms. The van der Waals surface area contributed by atoms with E-state index in [-0.39, 0.29) is 5.91 Å². The van der Waals surface area contributed by atoms with Gasteiger partial charge in [-0.1, -0.05) is 48.0 Å². The summed E-state index contributed by atoms with van der Waals surface area (Å²) in [7, 11) is 3.15. The van der Waals surface area contributed by atoms with Crippen LogP contribution in [-0.4, -0.2) is 20.1 Å². The van der Waals surface area contributed by atoms with Crippen molar-refractivity contribution in [2.75, 3.05) is 19.1 Å². The quantitative estimate of drug-likeness (QED) is 0.629. The van der Waals surface area contributed by atoms with Gasteiger partial charge in [0, 0.05) is 17.3 Å². The Bertz CT molecular complexity index is 882. The first kappa shape index (κ1) is 18.5. The van der Waals surface area contributed by atoms with Gasteiger partial charge in [0.25, 0.3) is 5.91 Å². The molecule has 3 aromatic rings. The van der Waals surface area contributed by atoms with Crippen molar-refractivity contribution in [1.82, 2.24) is 0 Å². The van der Waals surface area contributed by atoms with Crippen LogP contribution in [0, 0.1) is 6.92 Å². The second kappa shape index (κ2) is 8.41. The van der Waals surface area contributed by atoms with E-state index in [1.165, 1.54) is 0 Å². The number of hydrogen-bond acceptors (Lipinski definition) is 3. The SMILES string of the molecule is COc1cc(OC)cc(C(=O)N(Cc2ccccc2)c2ccc(C)cc2)c1. The van der Waals surface area contributed by atoms with Crippen LogP contribution in [-0.2, 0) is 6.54 Å². The standard InChI is InChI=1S/C23H23NO3/c1-17-9-11-20(12-10-17)24(16-18-7-5-4-6-8-18)23(25)19-13-21(26-2)15-22(14-19)27-3/h4-15H,16H2,1-3H3. The van der Waals surface area contributed by atoms with Crippen molar-refractivity contribution >= 4 is 11.6 Å². The predicted molar refractivity (Wildman–Crippen MR) is 108 cm³/mol. The fourth-order valence-electron chi connectivity index (χ4n) is 2.86. The van der Waals surface area contributed by atoms with Crippen LogP contribution in [0.1, 0.15) is 21.5 Å². The third-order valence-corrected chi connectivity index (χ3v) is 4.37. The molecule has 0 radical (unpaired) electrons. The third-order valence-electron chi connectivity index (χ3n) is 4.37. The monoisotopic (exact) mass is 361 g/mol. The number of amides is 1. The van der Waals surface area contributed by atoms with E-state index >= 15 is 0 Å². The number of rotatable bonds is 6. The molecule has 0 aromatic heterocycles. The zero-order chi connectivity index (χ0) is 19.2. The van der Waals surface area contributed by atoms with Gasteiger partial charge in [0.1, 0.15) is 11.5 Å². The Balaban J connectivity index is 2.01. The van der Waals surface area contributed by atoms with Gasteiger partial charge in [-0.05, 0) is 36.8 Å². The Morgan fingerprint density at radius 3 is 2.00 bits per heavy atom. The van der Waals surface area contributed by atoms with Crippen LogP contribution in [0.25, 0.3) is 0 Å². The minimum Gasteiger partial charge on any atom is -0.497 e. The van der Waals surface area contributed by atoms with E-state index in [1.807, 2.05) is 61.5 Å². The van der Waals surface area contributed by atoms with Crippen LogP contribution in [0.4, 0.5) is 5.69 Å². The number of carbonyl (C=O) groups is 1. The highest BCUT2D eigenvalue weighted by molar-refractivity contribution is 6.06. The van der Waals surface area contributed by atoms with Gasteiger partial charge in [0.2, 0.25) is 0 Å². The Labute approximate surface area is 160 Å². The summed E-state index contributed by atoms with van der Waals surface area (Å²) in [5.41, 5.74) is 3.56. The summed E-state index contributed by atoms with van der Waals surface area (Å²) in [6.45, 7) is 2.50. The number of nitrogens with zero attached hydrogens (tertiary/aromatic N) is 1. The lowest BCUT2D eigenvalue weighted by Gasteiger charge is -2.24. The average molecular weight is 361 g/mol. The summed E-state index contributed by atoms with van der Waals surface area (Å²) in [6, 6.07) is 23.1. The Hall–Kier alpha value is -3.27. The first-order chi connectivity index (χ1) is 13.1. The van der Waals surface area contributed by atoms with Gasteiger partial charge in [-0.2, -0.15) is 0 Å². The van der Waals surface area contributed by atoms with Gasteiger partial charge in [-0.3, -0.25) is 4.79 Å². The Kier molecular flexibility index (Phi) is 5.77. The molecule has 0 saturated carbocycles. The molecule has 27 heavy (non-hydrogen) atoms. The molecule has 0 spiro atoms. The highest BCUT2D eigenvalue weighted by atomic mass is 16.5. The summed E-state index contributed by atoms with van der Waals surface area (Å²) >= 11 is 0. The van der Waals surface area contributed by atoms with Crippen molar-refractivity contribution in [1.29, 1.82) is 0 Å². The first-order valence-corrected chi connectivity index (χ1v) is 8.76. The van der Waals surface area contributed by atoms with Crippen molar-refractivity contribution in [3.63, 3.8) is 0 Å². The molecule has 3 aromatic carbocycles. The molecule has 0 atom stereocenters. The highest BCUT2D eigenvalue weighted by Gasteiger charge is 2.20. The molecule has 138 valence electrons. The largest absolute Gasteiger partial charge is 0.497 e. The lowest BCUT2D eigenvalue weighted by molar-refractivity contribution is 0.0984. The molecule has 4 nitrogen and oxygen atoms in total. The summed E-state index contributed by atoms with van der Waals surface area (Å²) in [5.74, 6) is 1.06. The molecule has 0 aliphatic rings. The second-order valence-electron chi connectivity index (χ2n) is 6.31. The highest BCUT2D eigenvalue weighted by Crippen LogP contribution is 2.26. The van der Waals surface area contributed by atoms with Gasteiger partial charge >= 0.3 is 0 Å². The second-order valence-corrected chi connectivity index (χ2v) is 6.31. The molecular weight excluding hydrogens is 338 g/mol. The summed E-state index contributed by atoms with van der Waals surface area (Å²) in [5, 5.41) is 0. The van der Waals surface area contributed by atoms with Gasteiger partial charge < -0.3 is 14.4 Å². The van der Waals surface area contributed by atoms with Crippen LogP contribution < -0.4 is 14.4 Å². The Morgan fingerprint density at radius 2 is 1.44 bits per heavy atom. The number of methoxy groups -OCH3 is 2. The normalized spacial score (nSPS) is 10.3. The van der Waals surface area contributed by atoms with Gasteiger partial charge in [0.05, 0.1) is 20.8 Å². The van der Waals surface area contributed by atoms with E-state index in [0.717, 1.165) is 16.8 Å². The number of carbonyl (C=O) groups excluding carboxylic acids is 1. The number of aryl methyl sites for hydroxylation is 1. The third kappa shape index (κ3) is 4.47. The zero-order valence-electron chi connectivity index (χ0n) is 15.8. The van der Waals surface area contributed by atoms with Gasteiger partial charge in [0.15, 0.2) is 0 Å². The molecule has 0 aliphatic heterocycles. The minimum atomic E-state index is -0.111. The molecule has 0 unspecified atom stereocenters. The van der Waals surface area contributed by atoms with E-state index in [0.29, 0.717) is 23.6 Å². The molecule has 0 fully saturated rings. The van der Waals surface area contributed by atoms with Crippen LogP contribution in [0.3, 0.4) is 0 Å². The molecule has 0 bridgehead atoms. The van der Waals surface area contributed by atoms with Crippen LogP contribution in [0.5, 0.6) is 11.5 Å². The van der Waals surface area contributed by atoms with E-state index in [4.69, 9.17) is 9.47 Å². The average Bonchev–Trinajstić information content (AvgIpc) is 2.72. The predicted octanol–water partition coefficient (Wildman–Crippen LogP) is 4.86. The van der Waals surface area contributed by atoms with Crippen LogP contribution >= 0.6 is 0 Å². The molecule has 3 rings (SSSR count). The van der Waals surface area contributed by atoms with Crippen molar-refractivity contribution in [2.24, 2.45) is 0 Å². The smallest absolute Gasteiger partial charge is 0.258 e. The van der Waals surface area contributed by atoms with E-state index < -0.39 is 0 Å². The number of anilines is 1. The van der Waals surface area contributed by atoms with Crippen LogP contribution in [0.15, 0.2) is 72.8 Å². The van der Waals surface area contributed by atoms with Gasteiger partial charge in [-0.15, -0.1) is 0 Å². The topological polar surface area (TPSA) is 38.8 Å². The Morgan fingerprint density at radius 1 is 0.852 bits per heavy atom. The van der Waals surface area contributed by atoms with E-state index in [1.54, 1.807) is 37.3 Å². The van der Waals surface area contributed by atoms with Crippen molar-refractivity contribution < 1.29 is 14.3 Å². The fourth-order valence-corrected chi connectivity index (χ4v) is 2.86. The maximum absolute atomic E-state index is 13.4. The lowest BCUT2D eigenvalue weighted by atomic mass is 10.1. The van der Waals surface area contributed by atoms with Crippen molar-refractivity contribution in [2.45, 2.75) is 13.5 Å². The van der Waals surface area contributed by atoms with E-state index in [9.17, 15) is 4.79 Å². The molecule has 1 amide bonds.